The van der Waals surface area contributed by atoms with E-state index in [1.54, 1.807) is 7.11 Å². The van der Waals surface area contributed by atoms with Crippen LogP contribution in [0.3, 0.4) is 0 Å². The van der Waals surface area contributed by atoms with Gasteiger partial charge in [0.2, 0.25) is 11.2 Å². The number of rotatable bonds is 9. The molecular formula is C16H21ClN4O2S. The third kappa shape index (κ3) is 5.81. The van der Waals surface area contributed by atoms with Gasteiger partial charge >= 0.3 is 0 Å². The third-order valence-electron chi connectivity index (χ3n) is 3.31. The smallest absolute Gasteiger partial charge is 0.228 e. The highest BCUT2D eigenvalue weighted by atomic mass is 35.5. The van der Waals surface area contributed by atoms with Gasteiger partial charge in [0.1, 0.15) is 5.75 Å². The lowest BCUT2D eigenvalue weighted by molar-refractivity contribution is 0.268. The molecule has 1 heterocycles. The van der Waals surface area contributed by atoms with Crippen LogP contribution in [-0.4, -0.2) is 39.8 Å². The highest BCUT2D eigenvalue weighted by Gasteiger charge is 2.11. The van der Waals surface area contributed by atoms with Crippen LogP contribution in [0.1, 0.15) is 25.3 Å². The number of hydrogen-bond acceptors (Lipinski definition) is 7. The second-order valence-corrected chi connectivity index (χ2v) is 6.44. The molecule has 6 nitrogen and oxygen atoms in total. The molecule has 2 rings (SSSR count). The van der Waals surface area contributed by atoms with Gasteiger partial charge in [-0.3, -0.25) is 0 Å². The molecule has 0 aliphatic heterocycles. The van der Waals surface area contributed by atoms with Gasteiger partial charge in [0.15, 0.2) is 5.16 Å². The van der Waals surface area contributed by atoms with Gasteiger partial charge in [-0.2, -0.15) is 15.0 Å². The lowest BCUT2D eigenvalue weighted by Gasteiger charge is -2.15. The zero-order chi connectivity index (χ0) is 17.4. The minimum atomic E-state index is -0.0899. The molecule has 0 radical (unpaired) electrons. The highest BCUT2D eigenvalue weighted by molar-refractivity contribution is 7.98. The van der Waals surface area contributed by atoms with E-state index in [1.165, 1.54) is 11.8 Å². The lowest BCUT2D eigenvalue weighted by Crippen LogP contribution is -2.25. The molecule has 1 aromatic carbocycles. The molecule has 0 bridgehead atoms. The summed E-state index contributed by atoms with van der Waals surface area (Å²) in [6, 6.07) is 7.74. The molecule has 0 unspecified atom stereocenters. The number of halogens is 1. The van der Waals surface area contributed by atoms with Crippen molar-refractivity contribution in [3.05, 3.63) is 35.1 Å². The Labute approximate surface area is 151 Å². The van der Waals surface area contributed by atoms with Gasteiger partial charge in [0, 0.05) is 5.75 Å². The minimum absolute atomic E-state index is 0.0193. The molecule has 24 heavy (non-hydrogen) atoms. The van der Waals surface area contributed by atoms with Crippen molar-refractivity contribution < 1.29 is 9.84 Å². The number of aliphatic hydroxyl groups excluding tert-OH is 1. The van der Waals surface area contributed by atoms with E-state index >= 15 is 0 Å². The second-order valence-electron chi connectivity index (χ2n) is 5.16. The molecule has 1 atom stereocenters. The van der Waals surface area contributed by atoms with Crippen LogP contribution < -0.4 is 10.1 Å². The van der Waals surface area contributed by atoms with Crippen molar-refractivity contribution in [2.45, 2.75) is 36.7 Å². The Bertz CT molecular complexity index is 642. The Morgan fingerprint density at radius 3 is 2.62 bits per heavy atom. The Balaban J connectivity index is 2.01. The fraction of sp³-hybridized carbons (Fsp3) is 0.438. The van der Waals surface area contributed by atoms with Crippen molar-refractivity contribution in [2.24, 2.45) is 0 Å². The average Bonchev–Trinajstić information content (AvgIpc) is 2.59. The summed E-state index contributed by atoms with van der Waals surface area (Å²) >= 11 is 7.45. The topological polar surface area (TPSA) is 80.2 Å². The monoisotopic (exact) mass is 368 g/mol. The maximum atomic E-state index is 9.37. The first kappa shape index (κ1) is 18.8. The van der Waals surface area contributed by atoms with Crippen LogP contribution in [0, 0.1) is 0 Å². The molecule has 0 fully saturated rings. The Hall–Kier alpha value is -1.57. The summed E-state index contributed by atoms with van der Waals surface area (Å²) in [5, 5.41) is 13.1. The quantitative estimate of drug-likeness (QED) is 0.656. The standard InChI is InChI=1S/C16H21ClN4O2S/c1-3-4-12(9-22)18-15-19-14(17)20-16(21-15)24-10-11-5-7-13(23-2)8-6-11/h5-8,12,22H,3-4,9-10H2,1-2H3,(H,18,19,20,21)/t12-/m1/s1. The fourth-order valence-corrected chi connectivity index (χ4v) is 3.07. The van der Waals surface area contributed by atoms with Gasteiger partial charge in [-0.15, -0.1) is 0 Å². The van der Waals surface area contributed by atoms with Crippen molar-refractivity contribution in [1.29, 1.82) is 0 Å². The molecule has 130 valence electrons. The summed E-state index contributed by atoms with van der Waals surface area (Å²) in [4.78, 5) is 12.6. The average molecular weight is 369 g/mol. The number of nitrogens with zero attached hydrogens (tertiary/aromatic N) is 3. The first-order valence-electron chi connectivity index (χ1n) is 7.69. The first-order chi connectivity index (χ1) is 11.6. The van der Waals surface area contributed by atoms with Crippen LogP contribution in [0.15, 0.2) is 29.4 Å². The van der Waals surface area contributed by atoms with E-state index in [1.807, 2.05) is 24.3 Å². The van der Waals surface area contributed by atoms with E-state index in [-0.39, 0.29) is 17.9 Å². The number of nitrogens with one attached hydrogen (secondary N) is 1. The van der Waals surface area contributed by atoms with Crippen LogP contribution in [0.4, 0.5) is 5.95 Å². The van der Waals surface area contributed by atoms with Gasteiger partial charge in [0.05, 0.1) is 19.8 Å². The van der Waals surface area contributed by atoms with Crippen molar-refractivity contribution >= 4 is 29.3 Å². The van der Waals surface area contributed by atoms with E-state index in [0.717, 1.165) is 24.2 Å². The highest BCUT2D eigenvalue weighted by Crippen LogP contribution is 2.23. The molecule has 1 aromatic heterocycles. The van der Waals surface area contributed by atoms with Gasteiger partial charge < -0.3 is 15.2 Å². The van der Waals surface area contributed by atoms with Crippen LogP contribution in [0.25, 0.3) is 0 Å². The number of methoxy groups -OCH3 is 1. The number of anilines is 1. The zero-order valence-electron chi connectivity index (χ0n) is 13.7. The summed E-state index contributed by atoms with van der Waals surface area (Å²) in [6.07, 6.45) is 1.78. The second kappa shape index (κ2) is 9.66. The van der Waals surface area contributed by atoms with Crippen LogP contribution in [0.2, 0.25) is 5.28 Å². The Morgan fingerprint density at radius 2 is 2.00 bits per heavy atom. The summed E-state index contributed by atoms with van der Waals surface area (Å²) in [5.41, 5.74) is 1.13. The number of aromatic nitrogens is 3. The number of hydrogen-bond donors (Lipinski definition) is 2. The maximum Gasteiger partial charge on any atom is 0.228 e. The minimum Gasteiger partial charge on any atom is -0.497 e. The molecular weight excluding hydrogens is 348 g/mol. The van der Waals surface area contributed by atoms with E-state index in [2.05, 4.69) is 27.2 Å². The molecule has 0 saturated carbocycles. The largest absolute Gasteiger partial charge is 0.497 e. The Kier molecular flexibility index (Phi) is 7.55. The van der Waals surface area contributed by atoms with Gasteiger partial charge in [-0.25, -0.2) is 0 Å². The predicted octanol–water partition coefficient (Wildman–Crippen LogP) is 3.40. The summed E-state index contributed by atoms with van der Waals surface area (Å²) in [6.45, 7) is 2.08. The Morgan fingerprint density at radius 1 is 1.25 bits per heavy atom. The SMILES string of the molecule is CCC[C@H](CO)Nc1nc(Cl)nc(SCc2ccc(OC)cc2)n1. The first-order valence-corrected chi connectivity index (χ1v) is 9.05. The fourth-order valence-electron chi connectivity index (χ4n) is 2.07. The molecule has 0 amide bonds. The number of thioether (sulfide) groups is 1. The molecule has 0 aliphatic carbocycles. The van der Waals surface area contributed by atoms with Gasteiger partial charge in [-0.1, -0.05) is 37.2 Å². The number of ether oxygens (including phenoxy) is 1. The van der Waals surface area contributed by atoms with Crippen LogP contribution >= 0.6 is 23.4 Å². The summed E-state index contributed by atoms with van der Waals surface area (Å²) in [7, 11) is 1.64. The number of aliphatic hydroxyl groups is 1. The molecule has 0 spiro atoms. The molecule has 0 saturated heterocycles. The van der Waals surface area contributed by atoms with E-state index < -0.39 is 0 Å². The van der Waals surface area contributed by atoms with Crippen molar-refractivity contribution in [3.8, 4) is 5.75 Å². The van der Waals surface area contributed by atoms with Gasteiger partial charge in [-0.05, 0) is 35.7 Å². The van der Waals surface area contributed by atoms with Crippen molar-refractivity contribution in [2.75, 3.05) is 19.0 Å². The van der Waals surface area contributed by atoms with Crippen molar-refractivity contribution in [3.63, 3.8) is 0 Å². The predicted molar refractivity (Wildman–Crippen MR) is 96.8 cm³/mol. The molecule has 2 N–H and O–H groups in total. The van der Waals surface area contributed by atoms with Gasteiger partial charge in [0.25, 0.3) is 0 Å². The zero-order valence-corrected chi connectivity index (χ0v) is 15.3. The summed E-state index contributed by atoms with van der Waals surface area (Å²) < 4.78 is 5.14. The normalized spacial score (nSPS) is 12.0. The lowest BCUT2D eigenvalue weighted by atomic mass is 10.2. The van der Waals surface area contributed by atoms with E-state index in [0.29, 0.717) is 16.9 Å². The van der Waals surface area contributed by atoms with Crippen molar-refractivity contribution in [1.82, 2.24) is 15.0 Å². The van der Waals surface area contributed by atoms with Crippen LogP contribution in [-0.2, 0) is 5.75 Å². The third-order valence-corrected chi connectivity index (χ3v) is 4.39. The van der Waals surface area contributed by atoms with Crippen LogP contribution in [0.5, 0.6) is 5.75 Å². The maximum absolute atomic E-state index is 9.37. The van der Waals surface area contributed by atoms with E-state index in [9.17, 15) is 5.11 Å². The number of benzene rings is 1. The molecule has 2 aromatic rings. The molecule has 8 heteroatoms. The van der Waals surface area contributed by atoms with E-state index in [4.69, 9.17) is 16.3 Å². The molecule has 0 aliphatic rings. The summed E-state index contributed by atoms with van der Waals surface area (Å²) in [5.74, 6) is 1.92.